The van der Waals surface area contributed by atoms with Gasteiger partial charge in [-0.05, 0) is 25.0 Å². The SMILES string of the molecule is COC(=O)C(C)CN(C(=O)c1ccccc1)C1CCCCCCC1. The highest BCUT2D eigenvalue weighted by atomic mass is 16.5. The van der Waals surface area contributed by atoms with Crippen LogP contribution in [0.15, 0.2) is 30.3 Å². The molecule has 0 aliphatic heterocycles. The minimum absolute atomic E-state index is 0.0249. The number of hydrogen-bond donors (Lipinski definition) is 0. The summed E-state index contributed by atoms with van der Waals surface area (Å²) in [5.41, 5.74) is 0.691. The van der Waals surface area contributed by atoms with Gasteiger partial charge in [0.2, 0.25) is 0 Å². The summed E-state index contributed by atoms with van der Waals surface area (Å²) in [5, 5.41) is 0. The maximum atomic E-state index is 13.1. The van der Waals surface area contributed by atoms with E-state index in [2.05, 4.69) is 0 Å². The van der Waals surface area contributed by atoms with Gasteiger partial charge in [0, 0.05) is 18.2 Å². The second-order valence-corrected chi connectivity index (χ2v) is 6.75. The van der Waals surface area contributed by atoms with Gasteiger partial charge in [-0.1, -0.05) is 57.2 Å². The Kier molecular flexibility index (Phi) is 7.29. The average molecular weight is 331 g/mol. The third-order valence-corrected chi connectivity index (χ3v) is 4.87. The number of amides is 1. The summed E-state index contributed by atoms with van der Waals surface area (Å²) in [7, 11) is 1.40. The lowest BCUT2D eigenvalue weighted by atomic mass is 9.94. The van der Waals surface area contributed by atoms with E-state index in [1.807, 2.05) is 42.2 Å². The molecule has 0 N–H and O–H groups in total. The summed E-state index contributed by atoms with van der Waals surface area (Å²) in [6.07, 6.45) is 8.09. The molecule has 4 heteroatoms. The maximum absolute atomic E-state index is 13.1. The van der Waals surface area contributed by atoms with E-state index in [1.54, 1.807) is 0 Å². The van der Waals surface area contributed by atoms with Crippen molar-refractivity contribution in [2.24, 2.45) is 5.92 Å². The molecule has 1 atom stereocenters. The molecule has 0 heterocycles. The predicted molar refractivity (Wildman–Crippen MR) is 94.8 cm³/mol. The van der Waals surface area contributed by atoms with Crippen molar-refractivity contribution in [3.8, 4) is 0 Å². The van der Waals surface area contributed by atoms with Crippen LogP contribution in [0.1, 0.15) is 62.2 Å². The Labute approximate surface area is 145 Å². The minimum atomic E-state index is -0.312. The molecule has 0 bridgehead atoms. The van der Waals surface area contributed by atoms with Gasteiger partial charge in [-0.3, -0.25) is 9.59 Å². The Balaban J connectivity index is 2.19. The minimum Gasteiger partial charge on any atom is -0.469 e. The van der Waals surface area contributed by atoms with E-state index in [0.717, 1.165) is 25.7 Å². The number of benzene rings is 1. The van der Waals surface area contributed by atoms with Gasteiger partial charge in [-0.15, -0.1) is 0 Å². The van der Waals surface area contributed by atoms with Crippen molar-refractivity contribution in [3.05, 3.63) is 35.9 Å². The van der Waals surface area contributed by atoms with Crippen LogP contribution in [0.2, 0.25) is 0 Å². The van der Waals surface area contributed by atoms with Crippen LogP contribution in [0.3, 0.4) is 0 Å². The second-order valence-electron chi connectivity index (χ2n) is 6.75. The molecule has 132 valence electrons. The zero-order valence-electron chi connectivity index (χ0n) is 14.9. The molecule has 1 amide bonds. The molecular weight excluding hydrogens is 302 g/mol. The summed E-state index contributed by atoms with van der Waals surface area (Å²) < 4.78 is 4.85. The lowest BCUT2D eigenvalue weighted by Crippen LogP contribution is -2.44. The van der Waals surface area contributed by atoms with E-state index in [0.29, 0.717) is 12.1 Å². The predicted octanol–water partition coefficient (Wildman–Crippen LogP) is 4.05. The third-order valence-electron chi connectivity index (χ3n) is 4.87. The van der Waals surface area contributed by atoms with E-state index in [4.69, 9.17) is 4.74 Å². The first-order chi connectivity index (χ1) is 11.6. The normalized spacial score (nSPS) is 17.4. The van der Waals surface area contributed by atoms with Crippen LogP contribution < -0.4 is 0 Å². The van der Waals surface area contributed by atoms with Gasteiger partial charge in [0.05, 0.1) is 13.0 Å². The number of carbonyl (C=O) groups is 2. The molecule has 0 saturated heterocycles. The van der Waals surface area contributed by atoms with Crippen LogP contribution >= 0.6 is 0 Å². The highest BCUT2D eigenvalue weighted by Crippen LogP contribution is 2.24. The van der Waals surface area contributed by atoms with E-state index >= 15 is 0 Å². The van der Waals surface area contributed by atoms with Crippen molar-refractivity contribution >= 4 is 11.9 Å². The van der Waals surface area contributed by atoms with Gasteiger partial charge in [0.25, 0.3) is 5.91 Å². The van der Waals surface area contributed by atoms with Crippen molar-refractivity contribution in [1.29, 1.82) is 0 Å². The number of nitrogens with zero attached hydrogens (tertiary/aromatic N) is 1. The van der Waals surface area contributed by atoms with Crippen molar-refractivity contribution in [2.75, 3.05) is 13.7 Å². The Morgan fingerprint density at radius 1 is 1.08 bits per heavy atom. The van der Waals surface area contributed by atoms with Crippen molar-refractivity contribution in [2.45, 2.75) is 57.9 Å². The van der Waals surface area contributed by atoms with Crippen LogP contribution in [0.25, 0.3) is 0 Å². The lowest BCUT2D eigenvalue weighted by Gasteiger charge is -2.34. The highest BCUT2D eigenvalue weighted by molar-refractivity contribution is 5.94. The van der Waals surface area contributed by atoms with Crippen LogP contribution in [0, 0.1) is 5.92 Å². The summed E-state index contributed by atoms with van der Waals surface area (Å²) >= 11 is 0. The van der Waals surface area contributed by atoms with Gasteiger partial charge in [0.15, 0.2) is 0 Å². The standard InChI is InChI=1S/C20H29NO3/c1-16(20(23)24-2)15-21(18-13-9-4-3-5-10-14-18)19(22)17-11-7-6-8-12-17/h6-8,11-12,16,18H,3-5,9-10,13-15H2,1-2H3. The zero-order valence-corrected chi connectivity index (χ0v) is 14.9. The molecule has 1 aliphatic rings. The Hall–Kier alpha value is -1.84. The van der Waals surface area contributed by atoms with Crippen LogP contribution in [0.5, 0.6) is 0 Å². The molecule has 1 aromatic rings. The fourth-order valence-electron chi connectivity index (χ4n) is 3.46. The molecule has 0 radical (unpaired) electrons. The number of carbonyl (C=O) groups excluding carboxylic acids is 2. The number of rotatable bonds is 5. The molecule has 1 aromatic carbocycles. The molecule has 0 spiro atoms. The summed E-state index contributed by atoms with van der Waals surface area (Å²) in [6.45, 7) is 2.26. The molecule has 4 nitrogen and oxygen atoms in total. The smallest absolute Gasteiger partial charge is 0.310 e. The molecule has 24 heavy (non-hydrogen) atoms. The molecule has 1 aliphatic carbocycles. The zero-order chi connectivity index (χ0) is 17.4. The monoisotopic (exact) mass is 331 g/mol. The molecule has 1 saturated carbocycles. The van der Waals surface area contributed by atoms with Gasteiger partial charge in [-0.25, -0.2) is 0 Å². The Morgan fingerprint density at radius 3 is 2.25 bits per heavy atom. The topological polar surface area (TPSA) is 46.6 Å². The summed E-state index contributed by atoms with van der Waals surface area (Å²) in [5.74, 6) is -0.545. The number of hydrogen-bond acceptors (Lipinski definition) is 3. The molecular formula is C20H29NO3. The molecule has 1 fully saturated rings. The fraction of sp³-hybridized carbons (Fsp3) is 0.600. The number of methoxy groups -OCH3 is 1. The Bertz CT molecular complexity index is 521. The van der Waals surface area contributed by atoms with Crippen LogP contribution in [0.4, 0.5) is 0 Å². The number of ether oxygens (including phenoxy) is 1. The largest absolute Gasteiger partial charge is 0.469 e. The fourth-order valence-corrected chi connectivity index (χ4v) is 3.46. The van der Waals surface area contributed by atoms with Gasteiger partial charge >= 0.3 is 5.97 Å². The van der Waals surface area contributed by atoms with Crippen molar-refractivity contribution in [3.63, 3.8) is 0 Å². The third kappa shape index (κ3) is 5.08. The molecule has 1 unspecified atom stereocenters. The van der Waals surface area contributed by atoms with Gasteiger partial charge < -0.3 is 9.64 Å². The maximum Gasteiger partial charge on any atom is 0.310 e. The quantitative estimate of drug-likeness (QED) is 0.765. The molecule has 2 rings (SSSR count). The lowest BCUT2D eigenvalue weighted by molar-refractivity contribution is -0.145. The second kappa shape index (κ2) is 9.45. The van der Waals surface area contributed by atoms with Gasteiger partial charge in [0.1, 0.15) is 0 Å². The van der Waals surface area contributed by atoms with E-state index in [1.165, 1.54) is 26.4 Å². The first-order valence-corrected chi connectivity index (χ1v) is 9.07. The number of esters is 1. The van der Waals surface area contributed by atoms with Crippen LogP contribution in [-0.2, 0) is 9.53 Å². The highest BCUT2D eigenvalue weighted by Gasteiger charge is 2.28. The van der Waals surface area contributed by atoms with E-state index in [-0.39, 0.29) is 23.8 Å². The van der Waals surface area contributed by atoms with E-state index < -0.39 is 0 Å². The Morgan fingerprint density at radius 2 is 1.67 bits per heavy atom. The molecule has 0 aromatic heterocycles. The average Bonchev–Trinajstić information content (AvgIpc) is 2.59. The van der Waals surface area contributed by atoms with Crippen molar-refractivity contribution in [1.82, 2.24) is 4.90 Å². The first kappa shape index (κ1) is 18.5. The van der Waals surface area contributed by atoms with Gasteiger partial charge in [-0.2, -0.15) is 0 Å². The summed E-state index contributed by atoms with van der Waals surface area (Å²) in [4.78, 5) is 26.8. The summed E-state index contributed by atoms with van der Waals surface area (Å²) in [6, 6.07) is 9.58. The van der Waals surface area contributed by atoms with Crippen LogP contribution in [-0.4, -0.2) is 36.5 Å². The first-order valence-electron chi connectivity index (χ1n) is 9.07. The van der Waals surface area contributed by atoms with Crippen molar-refractivity contribution < 1.29 is 14.3 Å². The van der Waals surface area contributed by atoms with E-state index in [9.17, 15) is 9.59 Å².